The van der Waals surface area contributed by atoms with Crippen molar-refractivity contribution in [3.05, 3.63) is 48.0 Å². The van der Waals surface area contributed by atoms with Crippen LogP contribution in [0.1, 0.15) is 30.9 Å². The highest BCUT2D eigenvalue weighted by Gasteiger charge is 2.37. The van der Waals surface area contributed by atoms with Crippen LogP contribution in [0.5, 0.6) is 11.5 Å². The van der Waals surface area contributed by atoms with Crippen LogP contribution in [0.4, 0.5) is 13.6 Å². The number of alkyl carbamates (subject to hydrolysis) is 1. The summed E-state index contributed by atoms with van der Waals surface area (Å²) in [5, 5.41) is 3.02. The van der Waals surface area contributed by atoms with Gasteiger partial charge in [-0.25, -0.2) is 4.79 Å². The molecular formula is C24H26F2N2O4. The van der Waals surface area contributed by atoms with Crippen molar-refractivity contribution in [1.29, 1.82) is 0 Å². The molecule has 0 aliphatic carbocycles. The van der Waals surface area contributed by atoms with E-state index in [1.54, 1.807) is 12.1 Å². The van der Waals surface area contributed by atoms with Gasteiger partial charge in [-0.1, -0.05) is 24.3 Å². The number of nitrogens with one attached hydrogen (secondary N) is 1. The number of fused-ring (bicyclic) bond motifs is 4. The summed E-state index contributed by atoms with van der Waals surface area (Å²) < 4.78 is 40.7. The van der Waals surface area contributed by atoms with Gasteiger partial charge in [-0.15, -0.1) is 0 Å². The van der Waals surface area contributed by atoms with Crippen molar-refractivity contribution in [2.24, 2.45) is 5.92 Å². The quantitative estimate of drug-likeness (QED) is 0.731. The lowest BCUT2D eigenvalue weighted by atomic mass is 9.86. The van der Waals surface area contributed by atoms with E-state index >= 15 is 0 Å². The van der Waals surface area contributed by atoms with Crippen molar-refractivity contribution in [2.75, 3.05) is 26.2 Å². The van der Waals surface area contributed by atoms with Gasteiger partial charge in [-0.3, -0.25) is 4.90 Å². The Balaban J connectivity index is 1.25. The number of alkyl halides is 2. The number of piperidine rings is 3. The minimum Gasteiger partial charge on any atom is -0.493 e. The van der Waals surface area contributed by atoms with Crippen molar-refractivity contribution >= 4 is 6.09 Å². The first kappa shape index (κ1) is 21.0. The molecule has 0 aromatic heterocycles. The van der Waals surface area contributed by atoms with E-state index in [1.807, 2.05) is 18.2 Å². The van der Waals surface area contributed by atoms with Crippen LogP contribution in [0.25, 0.3) is 11.1 Å². The lowest BCUT2D eigenvalue weighted by Gasteiger charge is -2.44. The van der Waals surface area contributed by atoms with Gasteiger partial charge in [0.05, 0.1) is 12.6 Å². The molecule has 0 spiro atoms. The zero-order chi connectivity index (χ0) is 22.1. The Hall–Kier alpha value is -2.87. The summed E-state index contributed by atoms with van der Waals surface area (Å²) >= 11 is 0. The van der Waals surface area contributed by atoms with Gasteiger partial charge in [0, 0.05) is 18.5 Å². The van der Waals surface area contributed by atoms with Crippen molar-refractivity contribution in [3.8, 4) is 22.6 Å². The Labute approximate surface area is 185 Å². The largest absolute Gasteiger partial charge is 0.493 e. The second-order valence-electron chi connectivity index (χ2n) is 8.57. The van der Waals surface area contributed by atoms with Gasteiger partial charge in [0.15, 0.2) is 0 Å². The zero-order valence-corrected chi connectivity index (χ0v) is 17.6. The number of carbonyl (C=O) groups excluding carboxylic acids is 1. The molecule has 1 N–H and O–H groups in total. The molecule has 2 bridgehead atoms. The van der Waals surface area contributed by atoms with Gasteiger partial charge < -0.3 is 19.5 Å². The standard InChI is InChI=1S/C24H26F2N2O4/c25-23(26)31-18-4-1-15(2-5-18)17-3-6-19-20(9-12-30-21(19)13-17)27-24(29)32-22-14-28-10-7-16(22)8-11-28/h1-6,13,16,20,22-23H,7-12,14H2,(H,27,29)/t20?,22-/m1/s1. The first-order valence-electron chi connectivity index (χ1n) is 11.1. The van der Waals surface area contributed by atoms with Crippen molar-refractivity contribution in [2.45, 2.75) is 38.0 Å². The van der Waals surface area contributed by atoms with E-state index in [0.717, 1.165) is 49.2 Å². The fraction of sp³-hybridized carbons (Fsp3) is 0.458. The van der Waals surface area contributed by atoms with Crippen LogP contribution in [-0.4, -0.2) is 49.9 Å². The summed E-state index contributed by atoms with van der Waals surface area (Å²) in [6.07, 6.45) is 2.45. The number of nitrogens with zero attached hydrogens (tertiary/aromatic N) is 1. The average molecular weight is 444 g/mol. The van der Waals surface area contributed by atoms with E-state index in [-0.39, 0.29) is 24.0 Å². The molecule has 0 radical (unpaired) electrons. The molecule has 2 atom stereocenters. The van der Waals surface area contributed by atoms with E-state index in [9.17, 15) is 13.6 Å². The van der Waals surface area contributed by atoms with Crippen LogP contribution in [0.2, 0.25) is 0 Å². The lowest BCUT2D eigenvalue weighted by molar-refractivity contribution is -0.0498. The molecule has 3 saturated heterocycles. The average Bonchev–Trinajstić information content (AvgIpc) is 2.80. The smallest absolute Gasteiger partial charge is 0.407 e. The summed E-state index contributed by atoms with van der Waals surface area (Å²) in [7, 11) is 0. The zero-order valence-electron chi connectivity index (χ0n) is 17.6. The van der Waals surface area contributed by atoms with Crippen molar-refractivity contribution in [1.82, 2.24) is 10.2 Å². The Morgan fingerprint density at radius 2 is 1.81 bits per heavy atom. The fourth-order valence-corrected chi connectivity index (χ4v) is 4.91. The summed E-state index contributed by atoms with van der Waals surface area (Å²) in [5.74, 6) is 1.28. The Bertz CT molecular complexity index is 961. The third-order valence-electron chi connectivity index (χ3n) is 6.61. The Morgan fingerprint density at radius 1 is 1.06 bits per heavy atom. The molecule has 4 aliphatic rings. The van der Waals surface area contributed by atoms with Crippen LogP contribution >= 0.6 is 0 Å². The number of halogens is 2. The molecule has 0 saturated carbocycles. The molecule has 4 aliphatic heterocycles. The highest BCUT2D eigenvalue weighted by Crippen LogP contribution is 2.36. The maximum absolute atomic E-state index is 12.6. The normalized spacial score (nSPS) is 26.2. The number of benzene rings is 2. The van der Waals surface area contributed by atoms with Crippen LogP contribution in [-0.2, 0) is 4.74 Å². The van der Waals surface area contributed by atoms with Gasteiger partial charge in [-0.2, -0.15) is 8.78 Å². The minimum absolute atomic E-state index is 0.0313. The molecule has 4 heterocycles. The first-order valence-corrected chi connectivity index (χ1v) is 11.1. The number of hydrogen-bond donors (Lipinski definition) is 1. The number of carbonyl (C=O) groups is 1. The van der Waals surface area contributed by atoms with Gasteiger partial charge in [0.25, 0.3) is 0 Å². The van der Waals surface area contributed by atoms with E-state index in [1.165, 1.54) is 12.1 Å². The summed E-state index contributed by atoms with van der Waals surface area (Å²) in [6.45, 7) is 0.669. The van der Waals surface area contributed by atoms with Gasteiger partial charge in [0.1, 0.15) is 17.6 Å². The molecule has 6 rings (SSSR count). The van der Waals surface area contributed by atoms with Crippen LogP contribution < -0.4 is 14.8 Å². The molecule has 2 aromatic rings. The monoisotopic (exact) mass is 444 g/mol. The first-order chi connectivity index (χ1) is 15.5. The predicted molar refractivity (Wildman–Crippen MR) is 114 cm³/mol. The second kappa shape index (κ2) is 8.94. The molecule has 3 fully saturated rings. The number of hydrogen-bond acceptors (Lipinski definition) is 5. The highest BCUT2D eigenvalue weighted by molar-refractivity contribution is 5.70. The van der Waals surface area contributed by atoms with Crippen molar-refractivity contribution < 1.29 is 27.8 Å². The predicted octanol–water partition coefficient (Wildman–Crippen LogP) is 4.60. The molecule has 1 unspecified atom stereocenters. The summed E-state index contributed by atoms with van der Waals surface area (Å²) in [6, 6.07) is 12.1. The van der Waals surface area contributed by atoms with E-state index < -0.39 is 6.61 Å². The third kappa shape index (κ3) is 4.50. The molecule has 6 nitrogen and oxygen atoms in total. The molecule has 1 amide bonds. The SMILES string of the molecule is O=C(NC1CCOc2cc(-c3ccc(OC(F)F)cc3)ccc21)O[C@@H]1CN2CCC1CC2. The molecular weight excluding hydrogens is 418 g/mol. The van der Waals surface area contributed by atoms with E-state index in [2.05, 4.69) is 15.0 Å². The molecule has 8 heteroatoms. The van der Waals surface area contributed by atoms with Crippen molar-refractivity contribution in [3.63, 3.8) is 0 Å². The van der Waals surface area contributed by atoms with Crippen LogP contribution in [0, 0.1) is 5.92 Å². The van der Waals surface area contributed by atoms with Crippen LogP contribution in [0.15, 0.2) is 42.5 Å². The minimum atomic E-state index is -2.85. The molecule has 170 valence electrons. The number of amides is 1. The maximum Gasteiger partial charge on any atom is 0.407 e. The second-order valence-corrected chi connectivity index (χ2v) is 8.57. The molecule has 32 heavy (non-hydrogen) atoms. The van der Waals surface area contributed by atoms with E-state index in [0.29, 0.717) is 24.7 Å². The lowest BCUT2D eigenvalue weighted by Crippen LogP contribution is -2.52. The Morgan fingerprint density at radius 3 is 2.50 bits per heavy atom. The van der Waals surface area contributed by atoms with E-state index in [4.69, 9.17) is 9.47 Å². The fourth-order valence-electron chi connectivity index (χ4n) is 4.91. The highest BCUT2D eigenvalue weighted by atomic mass is 19.3. The number of rotatable bonds is 5. The topological polar surface area (TPSA) is 60.0 Å². The Kier molecular flexibility index (Phi) is 5.87. The third-order valence-corrected chi connectivity index (χ3v) is 6.61. The van der Waals surface area contributed by atoms with Gasteiger partial charge >= 0.3 is 12.7 Å². The van der Waals surface area contributed by atoms with Gasteiger partial charge in [0.2, 0.25) is 0 Å². The molecule has 2 aromatic carbocycles. The number of ether oxygens (including phenoxy) is 3. The van der Waals surface area contributed by atoms with Crippen LogP contribution in [0.3, 0.4) is 0 Å². The summed E-state index contributed by atoms with van der Waals surface area (Å²) in [5.41, 5.74) is 2.65. The van der Waals surface area contributed by atoms with Gasteiger partial charge in [-0.05, 0) is 61.2 Å². The summed E-state index contributed by atoms with van der Waals surface area (Å²) in [4.78, 5) is 15.0. The maximum atomic E-state index is 12.6.